The third-order valence-electron chi connectivity index (χ3n) is 5.21. The standard InChI is InChI=1S/C19H19FN2O3S/c20-13-3-1-2-11(6-13)7-17-21-16(10-26-17)18(23)22-8-14(12-4-5-12)15(9-22)19(24)25/h1-3,6,10,12,14-15H,4-5,7-9H2,(H,24,25)/t14-,15+/m1/s1. The Bertz CT molecular complexity index is 849. The molecular weight excluding hydrogens is 355 g/mol. The number of aromatic nitrogens is 1. The average molecular weight is 374 g/mol. The number of benzene rings is 1. The van der Waals surface area contributed by atoms with Crippen molar-refractivity contribution in [3.8, 4) is 0 Å². The number of carboxylic acid groups (broad SMARTS) is 1. The van der Waals surface area contributed by atoms with Gasteiger partial charge in [-0.1, -0.05) is 12.1 Å². The molecule has 2 heterocycles. The van der Waals surface area contributed by atoms with Crippen LogP contribution in [0.2, 0.25) is 0 Å². The molecule has 2 atom stereocenters. The lowest BCUT2D eigenvalue weighted by Crippen LogP contribution is -2.30. The van der Waals surface area contributed by atoms with Crippen LogP contribution in [0.5, 0.6) is 0 Å². The Morgan fingerprint density at radius 2 is 2.12 bits per heavy atom. The lowest BCUT2D eigenvalue weighted by Gasteiger charge is -2.14. The molecule has 4 rings (SSSR count). The summed E-state index contributed by atoms with van der Waals surface area (Å²) in [5.74, 6) is -1.30. The summed E-state index contributed by atoms with van der Waals surface area (Å²) < 4.78 is 13.3. The van der Waals surface area contributed by atoms with Crippen molar-refractivity contribution in [3.05, 3.63) is 51.7 Å². The molecule has 1 aromatic heterocycles. The van der Waals surface area contributed by atoms with Gasteiger partial charge in [0.15, 0.2) is 0 Å². The van der Waals surface area contributed by atoms with Gasteiger partial charge < -0.3 is 10.0 Å². The SMILES string of the molecule is O=C(O)[C@H]1CN(C(=O)c2csc(Cc3cccc(F)c3)n2)C[C@@H]1C1CC1. The molecule has 26 heavy (non-hydrogen) atoms. The molecule has 1 saturated heterocycles. The highest BCUT2D eigenvalue weighted by Gasteiger charge is 2.47. The van der Waals surface area contributed by atoms with Gasteiger partial charge in [0.1, 0.15) is 11.5 Å². The van der Waals surface area contributed by atoms with E-state index in [2.05, 4.69) is 4.98 Å². The van der Waals surface area contributed by atoms with Crippen LogP contribution in [0.3, 0.4) is 0 Å². The number of halogens is 1. The van der Waals surface area contributed by atoms with E-state index < -0.39 is 11.9 Å². The zero-order chi connectivity index (χ0) is 18.3. The van der Waals surface area contributed by atoms with E-state index in [9.17, 15) is 19.1 Å². The molecule has 2 aliphatic rings. The van der Waals surface area contributed by atoms with Crippen molar-refractivity contribution in [1.82, 2.24) is 9.88 Å². The minimum absolute atomic E-state index is 0.0573. The summed E-state index contributed by atoms with van der Waals surface area (Å²) in [6.07, 6.45) is 2.59. The summed E-state index contributed by atoms with van der Waals surface area (Å²) in [4.78, 5) is 30.3. The molecule has 7 heteroatoms. The van der Waals surface area contributed by atoms with Crippen LogP contribution in [-0.2, 0) is 11.2 Å². The second kappa shape index (κ2) is 6.79. The molecule has 2 aromatic rings. The summed E-state index contributed by atoms with van der Waals surface area (Å²) in [6, 6.07) is 6.33. The minimum atomic E-state index is -0.817. The van der Waals surface area contributed by atoms with Crippen molar-refractivity contribution in [3.63, 3.8) is 0 Å². The molecule has 2 fully saturated rings. The summed E-state index contributed by atoms with van der Waals surface area (Å²) in [7, 11) is 0. The van der Waals surface area contributed by atoms with E-state index >= 15 is 0 Å². The Kier molecular flexibility index (Phi) is 4.48. The van der Waals surface area contributed by atoms with Gasteiger partial charge in [-0.05, 0) is 42.4 Å². The van der Waals surface area contributed by atoms with Crippen LogP contribution in [0.4, 0.5) is 4.39 Å². The van der Waals surface area contributed by atoms with Crippen molar-refractivity contribution in [2.24, 2.45) is 17.8 Å². The predicted molar refractivity (Wildman–Crippen MR) is 94.6 cm³/mol. The van der Waals surface area contributed by atoms with Gasteiger partial charge in [-0.15, -0.1) is 11.3 Å². The van der Waals surface area contributed by atoms with Crippen molar-refractivity contribution >= 4 is 23.2 Å². The normalized spacial score (nSPS) is 22.6. The topological polar surface area (TPSA) is 70.5 Å². The molecule has 0 spiro atoms. The third-order valence-corrected chi connectivity index (χ3v) is 6.06. The van der Waals surface area contributed by atoms with Crippen molar-refractivity contribution in [1.29, 1.82) is 0 Å². The Morgan fingerprint density at radius 1 is 1.31 bits per heavy atom. The monoisotopic (exact) mass is 374 g/mol. The van der Waals surface area contributed by atoms with Gasteiger partial charge in [0.05, 0.1) is 10.9 Å². The van der Waals surface area contributed by atoms with E-state index in [4.69, 9.17) is 0 Å². The molecule has 0 unspecified atom stereocenters. The highest BCUT2D eigenvalue weighted by molar-refractivity contribution is 7.09. The van der Waals surface area contributed by atoms with Crippen LogP contribution in [0, 0.1) is 23.6 Å². The molecule has 1 aromatic carbocycles. The number of thiazole rings is 1. The van der Waals surface area contributed by atoms with Gasteiger partial charge in [-0.25, -0.2) is 9.37 Å². The number of amides is 1. The summed E-state index contributed by atoms with van der Waals surface area (Å²) in [5, 5.41) is 11.9. The molecule has 0 radical (unpaired) electrons. The van der Waals surface area contributed by atoms with Crippen LogP contribution in [0.1, 0.15) is 33.9 Å². The molecule has 1 saturated carbocycles. The van der Waals surface area contributed by atoms with Gasteiger partial charge in [0.25, 0.3) is 5.91 Å². The van der Waals surface area contributed by atoms with Crippen LogP contribution in [-0.4, -0.2) is 40.0 Å². The quantitative estimate of drug-likeness (QED) is 0.873. The van der Waals surface area contributed by atoms with Gasteiger partial charge in [0.2, 0.25) is 0 Å². The number of rotatable bonds is 5. The van der Waals surface area contributed by atoms with E-state index in [1.807, 2.05) is 6.07 Å². The molecule has 1 aliphatic carbocycles. The minimum Gasteiger partial charge on any atom is -0.481 e. The zero-order valence-electron chi connectivity index (χ0n) is 14.1. The molecule has 1 aliphatic heterocycles. The number of carbonyl (C=O) groups is 2. The Morgan fingerprint density at radius 3 is 2.81 bits per heavy atom. The molecule has 0 bridgehead atoms. The second-order valence-corrected chi connectivity index (χ2v) is 8.03. The third kappa shape index (κ3) is 3.49. The fourth-order valence-corrected chi connectivity index (χ4v) is 4.53. The maximum atomic E-state index is 13.3. The smallest absolute Gasteiger partial charge is 0.308 e. The van der Waals surface area contributed by atoms with Crippen molar-refractivity contribution in [2.75, 3.05) is 13.1 Å². The summed E-state index contributed by atoms with van der Waals surface area (Å²) >= 11 is 1.37. The molecule has 1 amide bonds. The van der Waals surface area contributed by atoms with Crippen molar-refractivity contribution in [2.45, 2.75) is 19.3 Å². The van der Waals surface area contributed by atoms with Gasteiger partial charge in [0, 0.05) is 24.9 Å². The number of hydrogen-bond donors (Lipinski definition) is 1. The average Bonchev–Trinajstić information content (AvgIpc) is 3.17. The van der Waals surface area contributed by atoms with E-state index in [-0.39, 0.29) is 24.2 Å². The number of carboxylic acids is 1. The fraction of sp³-hybridized carbons (Fsp3) is 0.421. The van der Waals surface area contributed by atoms with Crippen LogP contribution < -0.4 is 0 Å². The number of carbonyl (C=O) groups excluding carboxylic acids is 1. The summed E-state index contributed by atoms with van der Waals surface area (Å²) in [6.45, 7) is 0.753. The zero-order valence-corrected chi connectivity index (χ0v) is 14.9. The first-order chi connectivity index (χ1) is 12.5. The van der Waals surface area contributed by atoms with E-state index in [0.717, 1.165) is 23.4 Å². The maximum Gasteiger partial charge on any atom is 0.308 e. The molecule has 136 valence electrons. The highest BCUT2D eigenvalue weighted by atomic mass is 32.1. The van der Waals surface area contributed by atoms with E-state index in [1.165, 1.54) is 23.5 Å². The number of hydrogen-bond acceptors (Lipinski definition) is 4. The lowest BCUT2D eigenvalue weighted by atomic mass is 9.92. The number of nitrogens with zero attached hydrogens (tertiary/aromatic N) is 2. The predicted octanol–water partition coefficient (Wildman–Crippen LogP) is 3.06. The number of likely N-dealkylation sites (tertiary alicyclic amines) is 1. The molecule has 5 nitrogen and oxygen atoms in total. The van der Waals surface area contributed by atoms with Crippen LogP contribution in [0.15, 0.2) is 29.6 Å². The largest absolute Gasteiger partial charge is 0.481 e. The Labute approximate surface area is 154 Å². The van der Waals surface area contributed by atoms with Gasteiger partial charge >= 0.3 is 5.97 Å². The first-order valence-electron chi connectivity index (χ1n) is 8.72. The second-order valence-electron chi connectivity index (χ2n) is 7.09. The van der Waals surface area contributed by atoms with Crippen LogP contribution >= 0.6 is 11.3 Å². The first kappa shape index (κ1) is 17.1. The Hall–Kier alpha value is -2.28. The van der Waals surface area contributed by atoms with E-state index in [1.54, 1.807) is 16.3 Å². The Balaban J connectivity index is 1.45. The summed E-state index contributed by atoms with van der Waals surface area (Å²) in [5.41, 5.74) is 1.15. The molecular formula is C19H19FN2O3S. The highest BCUT2D eigenvalue weighted by Crippen LogP contribution is 2.44. The fourth-order valence-electron chi connectivity index (χ4n) is 3.73. The molecule has 1 N–H and O–H groups in total. The van der Waals surface area contributed by atoms with E-state index in [0.29, 0.717) is 24.6 Å². The van der Waals surface area contributed by atoms with Crippen molar-refractivity contribution < 1.29 is 19.1 Å². The number of aliphatic carboxylic acids is 1. The first-order valence-corrected chi connectivity index (χ1v) is 9.60. The van der Waals surface area contributed by atoms with Gasteiger partial charge in [-0.3, -0.25) is 9.59 Å². The lowest BCUT2D eigenvalue weighted by molar-refractivity contribution is -0.142. The van der Waals surface area contributed by atoms with Crippen LogP contribution in [0.25, 0.3) is 0 Å². The maximum absolute atomic E-state index is 13.3. The van der Waals surface area contributed by atoms with Gasteiger partial charge in [-0.2, -0.15) is 0 Å².